The minimum atomic E-state index is 0. The molecule has 0 aliphatic heterocycles. The van der Waals surface area contributed by atoms with E-state index < -0.39 is 0 Å². The lowest BCUT2D eigenvalue weighted by molar-refractivity contribution is 0.0732. The van der Waals surface area contributed by atoms with Gasteiger partial charge in [0, 0.05) is 38.9 Å². The number of hydrogen-bond acceptors (Lipinski definition) is 2. The van der Waals surface area contributed by atoms with Gasteiger partial charge in [-0.2, -0.15) is 0 Å². The summed E-state index contributed by atoms with van der Waals surface area (Å²) in [4.78, 5) is 4.32. The third-order valence-corrected chi connectivity index (χ3v) is 4.94. The van der Waals surface area contributed by atoms with Crippen LogP contribution in [0.5, 0.6) is 0 Å². The molecule has 1 fully saturated rings. The van der Waals surface area contributed by atoms with Gasteiger partial charge in [-0.1, -0.05) is 30.2 Å². The maximum absolute atomic E-state index is 6.01. The normalized spacial score (nSPS) is 16.0. The van der Waals surface area contributed by atoms with Gasteiger partial charge in [0.25, 0.3) is 0 Å². The Kier molecular flexibility index (Phi) is 10.0. The molecule has 0 radical (unpaired) electrons. The van der Waals surface area contributed by atoms with E-state index in [4.69, 9.17) is 16.3 Å². The number of rotatable bonds is 8. The SMILES string of the molecule is CN=C(NCCc1cccc(Cl)c1)NCC1(CCOC)CCC1.I. The molecule has 0 amide bonds. The third-order valence-electron chi connectivity index (χ3n) is 4.70. The van der Waals surface area contributed by atoms with Crippen LogP contribution < -0.4 is 10.6 Å². The van der Waals surface area contributed by atoms with Crippen LogP contribution >= 0.6 is 35.6 Å². The van der Waals surface area contributed by atoms with Crippen molar-refractivity contribution in [2.75, 3.05) is 33.9 Å². The van der Waals surface area contributed by atoms with Crippen molar-refractivity contribution in [1.29, 1.82) is 0 Å². The van der Waals surface area contributed by atoms with E-state index in [1.807, 2.05) is 25.2 Å². The second kappa shape index (κ2) is 11.2. The van der Waals surface area contributed by atoms with Crippen molar-refractivity contribution in [3.8, 4) is 0 Å². The van der Waals surface area contributed by atoms with Gasteiger partial charge in [0.15, 0.2) is 5.96 Å². The molecule has 0 aromatic heterocycles. The van der Waals surface area contributed by atoms with E-state index in [1.165, 1.54) is 24.8 Å². The number of aliphatic imine (C=N–C) groups is 1. The Morgan fingerprint density at radius 1 is 1.33 bits per heavy atom. The van der Waals surface area contributed by atoms with E-state index in [1.54, 1.807) is 7.11 Å². The zero-order chi connectivity index (χ0) is 16.5. The minimum Gasteiger partial charge on any atom is -0.385 e. The van der Waals surface area contributed by atoms with Crippen molar-refractivity contribution >= 4 is 41.5 Å². The maximum Gasteiger partial charge on any atom is 0.191 e. The summed E-state index contributed by atoms with van der Waals surface area (Å²) in [5, 5.41) is 7.64. The van der Waals surface area contributed by atoms with Gasteiger partial charge < -0.3 is 15.4 Å². The van der Waals surface area contributed by atoms with Crippen LogP contribution in [-0.2, 0) is 11.2 Å². The van der Waals surface area contributed by atoms with Gasteiger partial charge in [-0.05, 0) is 48.8 Å². The summed E-state index contributed by atoms with van der Waals surface area (Å²) in [6, 6.07) is 7.99. The van der Waals surface area contributed by atoms with Gasteiger partial charge in [0.05, 0.1) is 0 Å². The first-order chi connectivity index (χ1) is 11.2. The number of benzene rings is 1. The number of guanidine groups is 1. The van der Waals surface area contributed by atoms with Crippen molar-refractivity contribution < 1.29 is 4.74 Å². The topological polar surface area (TPSA) is 45.7 Å². The van der Waals surface area contributed by atoms with Crippen molar-refractivity contribution in [2.24, 2.45) is 10.4 Å². The van der Waals surface area contributed by atoms with Crippen molar-refractivity contribution in [3.63, 3.8) is 0 Å². The first-order valence-electron chi connectivity index (χ1n) is 8.35. The molecule has 1 saturated carbocycles. The molecule has 1 aromatic rings. The van der Waals surface area contributed by atoms with E-state index >= 15 is 0 Å². The molecule has 136 valence electrons. The van der Waals surface area contributed by atoms with E-state index in [-0.39, 0.29) is 24.0 Å². The monoisotopic (exact) mass is 465 g/mol. The molecular weight excluding hydrogens is 437 g/mol. The Hall–Kier alpha value is -0.530. The van der Waals surface area contributed by atoms with Gasteiger partial charge in [-0.25, -0.2) is 0 Å². The second-order valence-electron chi connectivity index (χ2n) is 6.33. The molecule has 0 atom stereocenters. The van der Waals surface area contributed by atoms with Crippen LogP contribution in [0.1, 0.15) is 31.2 Å². The Balaban J connectivity index is 0.00000288. The van der Waals surface area contributed by atoms with E-state index in [0.717, 1.165) is 43.5 Å². The highest BCUT2D eigenvalue weighted by Crippen LogP contribution is 2.43. The molecule has 0 bridgehead atoms. The average Bonchev–Trinajstić information content (AvgIpc) is 2.51. The number of ether oxygens (including phenoxy) is 1. The summed E-state index contributed by atoms with van der Waals surface area (Å²) >= 11 is 6.01. The molecule has 0 spiro atoms. The number of halogens is 2. The Bertz CT molecular complexity index is 521. The summed E-state index contributed by atoms with van der Waals surface area (Å²) < 4.78 is 5.25. The molecule has 1 aromatic carbocycles. The van der Waals surface area contributed by atoms with Gasteiger partial charge >= 0.3 is 0 Å². The standard InChI is InChI=1S/C18H28ClN3O.HI/c1-20-17(21-11-7-15-5-3-6-16(19)13-15)22-14-18(8-4-9-18)10-12-23-2;/h3,5-6,13H,4,7-12,14H2,1-2H3,(H2,20,21,22);1H. The number of nitrogens with zero attached hydrogens (tertiary/aromatic N) is 1. The van der Waals surface area contributed by atoms with Crippen LogP contribution in [0, 0.1) is 5.41 Å². The summed E-state index contributed by atoms with van der Waals surface area (Å²) in [7, 11) is 3.59. The van der Waals surface area contributed by atoms with E-state index in [2.05, 4.69) is 21.7 Å². The van der Waals surface area contributed by atoms with Gasteiger partial charge in [-0.3, -0.25) is 4.99 Å². The average molecular weight is 466 g/mol. The largest absolute Gasteiger partial charge is 0.385 e. The second-order valence-corrected chi connectivity index (χ2v) is 6.77. The summed E-state index contributed by atoms with van der Waals surface area (Å²) in [5.74, 6) is 0.871. The quantitative estimate of drug-likeness (QED) is 0.348. The molecule has 24 heavy (non-hydrogen) atoms. The predicted octanol–water partition coefficient (Wildman–Crippen LogP) is 3.87. The molecule has 1 aliphatic rings. The van der Waals surface area contributed by atoms with Crippen LogP contribution in [0.4, 0.5) is 0 Å². The number of nitrogens with one attached hydrogen (secondary N) is 2. The Morgan fingerprint density at radius 2 is 2.12 bits per heavy atom. The molecule has 0 heterocycles. The maximum atomic E-state index is 6.01. The van der Waals surface area contributed by atoms with Gasteiger partial charge in [0.1, 0.15) is 0 Å². The molecular formula is C18H29ClIN3O. The van der Waals surface area contributed by atoms with Crippen LogP contribution in [0.2, 0.25) is 5.02 Å². The van der Waals surface area contributed by atoms with Crippen LogP contribution in [0.3, 0.4) is 0 Å². The summed E-state index contributed by atoms with van der Waals surface area (Å²) in [5.41, 5.74) is 1.62. The van der Waals surface area contributed by atoms with Gasteiger partial charge in [0.2, 0.25) is 0 Å². The highest BCUT2D eigenvalue weighted by molar-refractivity contribution is 14.0. The molecule has 2 N–H and O–H groups in total. The molecule has 0 unspecified atom stereocenters. The summed E-state index contributed by atoms with van der Waals surface area (Å²) in [6.07, 6.45) is 5.93. The van der Waals surface area contributed by atoms with Crippen LogP contribution in [0.25, 0.3) is 0 Å². The highest BCUT2D eigenvalue weighted by atomic mass is 127. The summed E-state index contributed by atoms with van der Waals surface area (Å²) in [6.45, 7) is 2.64. The molecule has 0 saturated heterocycles. The number of hydrogen-bond donors (Lipinski definition) is 2. The zero-order valence-corrected chi connectivity index (χ0v) is 17.7. The molecule has 1 aliphatic carbocycles. The Labute approximate surface area is 167 Å². The van der Waals surface area contributed by atoms with Crippen molar-refractivity contribution in [2.45, 2.75) is 32.1 Å². The highest BCUT2D eigenvalue weighted by Gasteiger charge is 2.36. The van der Waals surface area contributed by atoms with E-state index in [0.29, 0.717) is 5.41 Å². The van der Waals surface area contributed by atoms with Gasteiger partial charge in [-0.15, -0.1) is 24.0 Å². The molecule has 4 nitrogen and oxygen atoms in total. The van der Waals surface area contributed by atoms with E-state index in [9.17, 15) is 0 Å². The van der Waals surface area contributed by atoms with Crippen molar-refractivity contribution in [3.05, 3.63) is 34.9 Å². The van der Waals surface area contributed by atoms with Crippen molar-refractivity contribution in [1.82, 2.24) is 10.6 Å². The lowest BCUT2D eigenvalue weighted by Gasteiger charge is -2.42. The first-order valence-corrected chi connectivity index (χ1v) is 8.73. The fraction of sp³-hybridized carbons (Fsp3) is 0.611. The lowest BCUT2D eigenvalue weighted by Crippen LogP contribution is -2.47. The molecule has 2 rings (SSSR count). The minimum absolute atomic E-state index is 0. The molecule has 6 heteroatoms. The smallest absolute Gasteiger partial charge is 0.191 e. The van der Waals surface area contributed by atoms with Crippen LogP contribution in [-0.4, -0.2) is 39.8 Å². The predicted molar refractivity (Wildman–Crippen MR) is 113 cm³/mol. The Morgan fingerprint density at radius 3 is 2.71 bits per heavy atom. The first kappa shape index (κ1) is 21.5. The zero-order valence-electron chi connectivity index (χ0n) is 14.6. The lowest BCUT2D eigenvalue weighted by atomic mass is 9.67. The fourth-order valence-electron chi connectivity index (χ4n) is 3.02. The van der Waals surface area contributed by atoms with Crippen LogP contribution in [0.15, 0.2) is 29.3 Å². The number of methoxy groups -OCH3 is 1. The fourth-order valence-corrected chi connectivity index (χ4v) is 3.23. The third kappa shape index (κ3) is 6.76.